The predicted octanol–water partition coefficient (Wildman–Crippen LogP) is 3.75. The van der Waals surface area contributed by atoms with Gasteiger partial charge in [0.1, 0.15) is 15.7 Å². The summed E-state index contributed by atoms with van der Waals surface area (Å²) in [5, 5.41) is 10.8. The summed E-state index contributed by atoms with van der Waals surface area (Å²) in [6.07, 6.45) is -0.556. The average Bonchev–Trinajstić information content (AvgIpc) is 2.97. The van der Waals surface area contributed by atoms with Crippen LogP contribution in [-0.2, 0) is 9.59 Å². The predicted molar refractivity (Wildman–Crippen MR) is 91.5 cm³/mol. The number of carbonyl (C=O) groups is 3. The summed E-state index contributed by atoms with van der Waals surface area (Å²) in [5.41, 5.74) is 0.485. The molecular formula is C15H8Cl2N2O4S. The van der Waals surface area contributed by atoms with E-state index in [1.807, 2.05) is 35.6 Å². The number of halogens is 2. The van der Waals surface area contributed by atoms with E-state index in [0.29, 0.717) is 4.88 Å². The number of imide groups is 1. The lowest BCUT2D eigenvalue weighted by molar-refractivity contribution is -0.120. The van der Waals surface area contributed by atoms with Crippen LogP contribution in [0.2, 0.25) is 9.36 Å². The minimum Gasteiger partial charge on any atom is -0.465 e. The smallest absolute Gasteiger partial charge is 0.409 e. The number of hydrogen-bond donors (Lipinski definition) is 2. The molecule has 2 heterocycles. The minimum absolute atomic E-state index is 0.0515. The lowest BCUT2D eigenvalue weighted by Crippen LogP contribution is -2.34. The van der Waals surface area contributed by atoms with Crippen molar-refractivity contribution in [2.45, 2.75) is 0 Å². The zero-order chi connectivity index (χ0) is 17.4. The Hall–Kier alpha value is -2.35. The number of rotatable bonds is 3. The van der Waals surface area contributed by atoms with Gasteiger partial charge in [0.25, 0.3) is 11.8 Å². The van der Waals surface area contributed by atoms with Crippen LogP contribution in [0.15, 0.2) is 42.1 Å². The summed E-state index contributed by atoms with van der Waals surface area (Å²) in [7, 11) is 0. The fraction of sp³-hybridized carbons (Fsp3) is 0. The molecule has 3 amide bonds. The number of thiophene rings is 1. The van der Waals surface area contributed by atoms with Crippen LogP contribution in [0.5, 0.6) is 0 Å². The van der Waals surface area contributed by atoms with Crippen molar-refractivity contribution in [2.75, 3.05) is 4.90 Å². The van der Waals surface area contributed by atoms with Crippen molar-refractivity contribution < 1.29 is 19.5 Å². The number of carboxylic acid groups (broad SMARTS) is 1. The molecule has 1 aliphatic rings. The maximum atomic E-state index is 12.3. The highest BCUT2D eigenvalue weighted by Gasteiger charge is 2.37. The van der Waals surface area contributed by atoms with Crippen LogP contribution in [0.25, 0.3) is 10.4 Å². The Kier molecular flexibility index (Phi) is 4.31. The molecule has 2 aromatic rings. The van der Waals surface area contributed by atoms with Crippen molar-refractivity contribution in [3.8, 4) is 10.4 Å². The van der Waals surface area contributed by atoms with Crippen molar-refractivity contribution in [2.24, 2.45) is 0 Å². The number of anilines is 1. The van der Waals surface area contributed by atoms with E-state index < -0.39 is 17.9 Å². The van der Waals surface area contributed by atoms with Gasteiger partial charge in [-0.2, -0.15) is 0 Å². The summed E-state index contributed by atoms with van der Waals surface area (Å²) in [6.45, 7) is 0. The first-order valence-electron chi connectivity index (χ1n) is 6.53. The van der Waals surface area contributed by atoms with Crippen LogP contribution in [0, 0.1) is 0 Å². The monoisotopic (exact) mass is 382 g/mol. The molecule has 2 N–H and O–H groups in total. The number of carbonyl (C=O) groups excluding carboxylic acids is 2. The van der Waals surface area contributed by atoms with Crippen molar-refractivity contribution in [3.63, 3.8) is 0 Å². The molecule has 1 aliphatic heterocycles. The first kappa shape index (κ1) is 16.5. The maximum absolute atomic E-state index is 12.3. The fourth-order valence-corrected chi connectivity index (χ4v) is 4.05. The van der Waals surface area contributed by atoms with Crippen LogP contribution in [0.1, 0.15) is 0 Å². The quantitative estimate of drug-likeness (QED) is 0.791. The van der Waals surface area contributed by atoms with Gasteiger partial charge < -0.3 is 5.11 Å². The Morgan fingerprint density at radius 3 is 2.46 bits per heavy atom. The summed E-state index contributed by atoms with van der Waals surface area (Å²) in [5.74, 6) is -1.55. The summed E-state index contributed by atoms with van der Waals surface area (Å²) < 4.78 is 0.158. The zero-order valence-electron chi connectivity index (χ0n) is 11.7. The van der Waals surface area contributed by atoms with Gasteiger partial charge in [-0.1, -0.05) is 53.5 Å². The van der Waals surface area contributed by atoms with Crippen molar-refractivity contribution in [1.29, 1.82) is 0 Å². The van der Waals surface area contributed by atoms with Crippen LogP contribution >= 0.6 is 34.5 Å². The molecule has 0 bridgehead atoms. The van der Waals surface area contributed by atoms with Gasteiger partial charge in [0, 0.05) is 6.08 Å². The first-order valence-corrected chi connectivity index (χ1v) is 8.10. The largest absolute Gasteiger partial charge is 0.465 e. The van der Waals surface area contributed by atoms with Crippen molar-refractivity contribution in [1.82, 2.24) is 5.32 Å². The Morgan fingerprint density at radius 1 is 1.17 bits per heavy atom. The van der Waals surface area contributed by atoms with E-state index in [9.17, 15) is 14.4 Å². The van der Waals surface area contributed by atoms with Gasteiger partial charge in [0.05, 0.1) is 9.90 Å². The molecule has 122 valence electrons. The summed E-state index contributed by atoms with van der Waals surface area (Å²) in [6, 6.07) is 9.13. The van der Waals surface area contributed by atoms with Gasteiger partial charge in [0.2, 0.25) is 0 Å². The van der Waals surface area contributed by atoms with Gasteiger partial charge in [0.15, 0.2) is 0 Å². The molecule has 0 aliphatic carbocycles. The molecule has 0 saturated carbocycles. The van der Waals surface area contributed by atoms with E-state index in [1.165, 1.54) is 0 Å². The molecule has 1 aromatic carbocycles. The summed E-state index contributed by atoms with van der Waals surface area (Å²) >= 11 is 13.7. The number of hydrogen-bond acceptors (Lipinski definition) is 4. The van der Waals surface area contributed by atoms with Gasteiger partial charge in [-0.15, -0.1) is 11.3 Å². The molecule has 24 heavy (non-hydrogen) atoms. The topological polar surface area (TPSA) is 86.7 Å². The molecule has 9 heteroatoms. The highest BCUT2D eigenvalue weighted by molar-refractivity contribution is 7.21. The third-order valence-corrected chi connectivity index (χ3v) is 5.12. The Bertz CT molecular complexity index is 892. The lowest BCUT2D eigenvalue weighted by Gasteiger charge is -2.14. The van der Waals surface area contributed by atoms with Crippen molar-refractivity contribution in [3.05, 3.63) is 51.5 Å². The lowest BCUT2D eigenvalue weighted by atomic mass is 10.2. The molecule has 1 aromatic heterocycles. The second kappa shape index (κ2) is 6.27. The highest BCUT2D eigenvalue weighted by Crippen LogP contribution is 2.49. The van der Waals surface area contributed by atoms with Gasteiger partial charge in [-0.25, -0.2) is 9.69 Å². The summed E-state index contributed by atoms with van der Waals surface area (Å²) in [4.78, 5) is 36.5. The van der Waals surface area contributed by atoms with Crippen LogP contribution in [-0.4, -0.2) is 23.0 Å². The third kappa shape index (κ3) is 2.77. The van der Waals surface area contributed by atoms with E-state index >= 15 is 0 Å². The van der Waals surface area contributed by atoms with Crippen LogP contribution < -0.4 is 10.2 Å². The first-order chi connectivity index (χ1) is 11.4. The maximum Gasteiger partial charge on any atom is 0.409 e. The third-order valence-electron chi connectivity index (χ3n) is 3.21. The SMILES string of the molecule is O=C(O)NC1=CC(=O)N(c2c(Cl)sc(-c3ccccc3)c2Cl)C1=O. The molecular weight excluding hydrogens is 375 g/mol. The molecule has 0 radical (unpaired) electrons. The van der Waals surface area contributed by atoms with E-state index in [1.54, 1.807) is 0 Å². The fourth-order valence-electron chi connectivity index (χ4n) is 2.22. The van der Waals surface area contributed by atoms with Crippen LogP contribution in [0.3, 0.4) is 0 Å². The second-order valence-electron chi connectivity index (χ2n) is 4.70. The van der Waals surface area contributed by atoms with Gasteiger partial charge in [-0.05, 0) is 5.56 Å². The molecule has 0 spiro atoms. The number of nitrogens with one attached hydrogen (secondary N) is 1. The standard InChI is InChI=1S/C15H8Cl2N2O4S/c16-10-11(13(17)24-12(10)7-4-2-1-3-5-7)19-9(20)6-8(14(19)21)18-15(22)23/h1-6,18H,(H,22,23). The van der Waals surface area contributed by atoms with E-state index in [4.69, 9.17) is 28.3 Å². The molecule has 6 nitrogen and oxygen atoms in total. The number of amides is 3. The molecule has 3 rings (SSSR count). The van der Waals surface area contributed by atoms with E-state index in [2.05, 4.69) is 0 Å². The number of benzene rings is 1. The Labute approximate surface area is 149 Å². The number of nitrogens with zero attached hydrogens (tertiary/aromatic N) is 1. The van der Waals surface area contributed by atoms with Gasteiger partial charge >= 0.3 is 6.09 Å². The van der Waals surface area contributed by atoms with Crippen LogP contribution in [0.4, 0.5) is 10.5 Å². The normalized spacial score (nSPS) is 14.1. The molecule has 0 unspecified atom stereocenters. The van der Waals surface area contributed by atoms with E-state index in [0.717, 1.165) is 27.9 Å². The molecule has 0 saturated heterocycles. The van der Waals surface area contributed by atoms with Crippen molar-refractivity contribution >= 4 is 58.1 Å². The molecule has 0 fully saturated rings. The zero-order valence-corrected chi connectivity index (χ0v) is 14.1. The highest BCUT2D eigenvalue weighted by atomic mass is 35.5. The second-order valence-corrected chi connectivity index (χ2v) is 6.70. The molecule has 0 atom stereocenters. The average molecular weight is 383 g/mol. The Balaban J connectivity index is 2.03. The Morgan fingerprint density at radius 2 is 1.83 bits per heavy atom. The van der Waals surface area contributed by atoms with Gasteiger partial charge in [-0.3, -0.25) is 14.9 Å². The minimum atomic E-state index is -1.45. The van der Waals surface area contributed by atoms with E-state index in [-0.39, 0.29) is 20.7 Å².